The van der Waals surface area contributed by atoms with Gasteiger partial charge in [-0.15, -0.1) is 0 Å². The number of carbonyl (C=O) groups is 2. The number of benzene rings is 1. The van der Waals surface area contributed by atoms with Gasteiger partial charge in [-0.25, -0.2) is 4.79 Å². The summed E-state index contributed by atoms with van der Waals surface area (Å²) in [5.74, 6) is -1.39. The summed E-state index contributed by atoms with van der Waals surface area (Å²) in [5.41, 5.74) is 0.902. The van der Waals surface area contributed by atoms with Crippen LogP contribution in [0.1, 0.15) is 38.7 Å². The first kappa shape index (κ1) is 21.8. The highest BCUT2D eigenvalue weighted by Gasteiger charge is 2.34. The number of amides is 2. The lowest BCUT2D eigenvalue weighted by Crippen LogP contribution is -2.49. The van der Waals surface area contributed by atoms with Gasteiger partial charge in [0, 0.05) is 18.5 Å². The van der Waals surface area contributed by atoms with Crippen molar-refractivity contribution in [2.45, 2.75) is 57.8 Å². The molecule has 0 aliphatic rings. The van der Waals surface area contributed by atoms with E-state index >= 15 is 0 Å². The third-order valence-electron chi connectivity index (χ3n) is 3.94. The van der Waals surface area contributed by atoms with Gasteiger partial charge in [0.05, 0.1) is 6.42 Å². The molecule has 2 amide bonds. The molecule has 0 aromatic heterocycles. The van der Waals surface area contributed by atoms with Crippen LogP contribution in [0.25, 0.3) is 0 Å². The van der Waals surface area contributed by atoms with Crippen LogP contribution in [0.4, 0.5) is 18.0 Å². The number of halogens is 3. The van der Waals surface area contributed by atoms with E-state index in [0.717, 1.165) is 5.56 Å². The van der Waals surface area contributed by atoms with Crippen LogP contribution >= 0.6 is 0 Å². The molecule has 146 valence electrons. The van der Waals surface area contributed by atoms with Gasteiger partial charge in [0.25, 0.3) is 0 Å². The molecule has 5 nitrogen and oxygen atoms in total. The third-order valence-corrected chi connectivity index (χ3v) is 3.94. The van der Waals surface area contributed by atoms with Crippen molar-refractivity contribution in [2.75, 3.05) is 0 Å². The van der Waals surface area contributed by atoms with E-state index in [9.17, 15) is 22.8 Å². The molecule has 0 spiro atoms. The van der Waals surface area contributed by atoms with Gasteiger partial charge in [0.1, 0.15) is 0 Å². The Bertz CT molecular complexity index is 577. The minimum absolute atomic E-state index is 0.145. The number of hydrogen-bond donors (Lipinski definition) is 3. The molecule has 0 aliphatic heterocycles. The van der Waals surface area contributed by atoms with Crippen molar-refractivity contribution in [1.29, 1.82) is 0 Å². The number of hydrogen-bond acceptors (Lipinski definition) is 2. The Morgan fingerprint density at radius 1 is 1.12 bits per heavy atom. The Hall–Kier alpha value is -2.25. The van der Waals surface area contributed by atoms with Gasteiger partial charge in [-0.2, -0.15) is 13.2 Å². The maximum atomic E-state index is 12.6. The van der Waals surface area contributed by atoms with E-state index in [1.165, 1.54) is 0 Å². The number of rotatable bonds is 9. The first-order chi connectivity index (χ1) is 12.1. The summed E-state index contributed by atoms with van der Waals surface area (Å²) in [6.45, 7) is 3.20. The van der Waals surface area contributed by atoms with Crippen molar-refractivity contribution >= 4 is 12.0 Å². The third kappa shape index (κ3) is 9.29. The Morgan fingerprint density at radius 2 is 1.73 bits per heavy atom. The number of carboxylic acids is 1. The Morgan fingerprint density at radius 3 is 2.23 bits per heavy atom. The number of aliphatic carboxylic acids is 1. The van der Waals surface area contributed by atoms with Crippen LogP contribution in [-0.2, 0) is 11.2 Å². The van der Waals surface area contributed by atoms with Crippen LogP contribution < -0.4 is 10.6 Å². The molecule has 26 heavy (non-hydrogen) atoms. The Labute approximate surface area is 151 Å². The van der Waals surface area contributed by atoms with E-state index in [2.05, 4.69) is 10.6 Å². The normalized spacial score (nSPS) is 13.9. The molecular formula is C18H25F3N2O3. The highest BCUT2D eigenvalue weighted by Crippen LogP contribution is 2.24. The molecule has 0 saturated carbocycles. The van der Waals surface area contributed by atoms with Crippen molar-refractivity contribution in [3.05, 3.63) is 35.9 Å². The minimum atomic E-state index is -4.38. The highest BCUT2D eigenvalue weighted by atomic mass is 19.4. The first-order valence-electron chi connectivity index (χ1n) is 8.46. The molecule has 1 aromatic rings. The number of carboxylic acid groups (broad SMARTS) is 1. The standard InChI is InChI=1S/C18H25F3N2O3/c1-12(2)15(11-18(19,20)21)23-17(26)22-14(8-9-16(24)25)10-13-6-4-3-5-7-13/h3-7,12,14-15H,8-11H2,1-2H3,(H,24,25)(H2,22,23,26). The van der Waals surface area contributed by atoms with E-state index in [1.807, 2.05) is 30.3 Å². The van der Waals surface area contributed by atoms with Crippen molar-refractivity contribution in [3.63, 3.8) is 0 Å². The summed E-state index contributed by atoms with van der Waals surface area (Å²) in [5, 5.41) is 13.8. The first-order valence-corrected chi connectivity index (χ1v) is 8.46. The van der Waals surface area contributed by atoms with E-state index < -0.39 is 42.6 Å². The average molecular weight is 374 g/mol. The Balaban J connectivity index is 2.71. The van der Waals surface area contributed by atoms with Crippen LogP contribution in [0, 0.1) is 5.92 Å². The van der Waals surface area contributed by atoms with E-state index in [4.69, 9.17) is 5.11 Å². The van der Waals surface area contributed by atoms with Crippen LogP contribution in [0.5, 0.6) is 0 Å². The molecule has 0 radical (unpaired) electrons. The topological polar surface area (TPSA) is 78.4 Å². The molecule has 1 aromatic carbocycles. The van der Waals surface area contributed by atoms with E-state index in [-0.39, 0.29) is 12.8 Å². The molecule has 1 rings (SSSR count). The SMILES string of the molecule is CC(C)C(CC(F)(F)F)NC(=O)NC(CCC(=O)O)Cc1ccccc1. The molecule has 0 heterocycles. The second-order valence-corrected chi connectivity index (χ2v) is 6.61. The maximum absolute atomic E-state index is 12.6. The highest BCUT2D eigenvalue weighted by molar-refractivity contribution is 5.74. The lowest BCUT2D eigenvalue weighted by atomic mass is 10.0. The molecule has 0 aliphatic carbocycles. The minimum Gasteiger partial charge on any atom is -0.481 e. The monoisotopic (exact) mass is 374 g/mol. The maximum Gasteiger partial charge on any atom is 0.391 e. The summed E-state index contributed by atoms with van der Waals surface area (Å²) in [7, 11) is 0. The lowest BCUT2D eigenvalue weighted by Gasteiger charge is -2.26. The fourth-order valence-electron chi connectivity index (χ4n) is 2.52. The molecular weight excluding hydrogens is 349 g/mol. The summed E-state index contributed by atoms with van der Waals surface area (Å²) in [6, 6.07) is 6.89. The molecule has 0 saturated heterocycles. The lowest BCUT2D eigenvalue weighted by molar-refractivity contribution is -0.141. The fourth-order valence-corrected chi connectivity index (χ4v) is 2.52. The number of carbonyl (C=O) groups excluding carboxylic acids is 1. The van der Waals surface area contributed by atoms with Crippen molar-refractivity contribution < 1.29 is 27.9 Å². The Kier molecular flexibility index (Phi) is 8.41. The number of urea groups is 1. The second kappa shape index (κ2) is 10.0. The molecule has 0 bridgehead atoms. The van der Waals surface area contributed by atoms with Gasteiger partial charge in [0.15, 0.2) is 0 Å². The predicted octanol–water partition coefficient (Wildman–Crippen LogP) is 3.74. The summed E-state index contributed by atoms with van der Waals surface area (Å²) in [4.78, 5) is 23.0. The molecule has 2 atom stereocenters. The van der Waals surface area contributed by atoms with Gasteiger partial charge in [-0.3, -0.25) is 4.79 Å². The van der Waals surface area contributed by atoms with Crippen molar-refractivity contribution in [3.8, 4) is 0 Å². The van der Waals surface area contributed by atoms with Crippen LogP contribution in [0.2, 0.25) is 0 Å². The van der Waals surface area contributed by atoms with E-state index in [1.54, 1.807) is 13.8 Å². The average Bonchev–Trinajstić information content (AvgIpc) is 2.51. The zero-order chi connectivity index (χ0) is 19.7. The summed E-state index contributed by atoms with van der Waals surface area (Å²) < 4.78 is 37.9. The number of alkyl halides is 3. The van der Waals surface area contributed by atoms with Crippen LogP contribution in [-0.4, -0.2) is 35.4 Å². The molecule has 8 heteroatoms. The van der Waals surface area contributed by atoms with Gasteiger partial charge in [0.2, 0.25) is 0 Å². The molecule has 0 fully saturated rings. The second-order valence-electron chi connectivity index (χ2n) is 6.61. The zero-order valence-corrected chi connectivity index (χ0v) is 14.8. The van der Waals surface area contributed by atoms with Gasteiger partial charge in [-0.1, -0.05) is 44.2 Å². The smallest absolute Gasteiger partial charge is 0.391 e. The molecule has 2 unspecified atom stereocenters. The fraction of sp³-hybridized carbons (Fsp3) is 0.556. The largest absolute Gasteiger partial charge is 0.481 e. The van der Waals surface area contributed by atoms with Crippen molar-refractivity contribution in [1.82, 2.24) is 10.6 Å². The predicted molar refractivity (Wildman–Crippen MR) is 91.8 cm³/mol. The zero-order valence-electron chi connectivity index (χ0n) is 14.8. The van der Waals surface area contributed by atoms with Crippen LogP contribution in [0.3, 0.4) is 0 Å². The molecule has 3 N–H and O–H groups in total. The summed E-state index contributed by atoms with van der Waals surface area (Å²) >= 11 is 0. The van der Waals surface area contributed by atoms with Gasteiger partial charge < -0.3 is 15.7 Å². The van der Waals surface area contributed by atoms with Crippen molar-refractivity contribution in [2.24, 2.45) is 5.92 Å². The number of nitrogens with one attached hydrogen (secondary N) is 2. The van der Waals surface area contributed by atoms with Gasteiger partial charge >= 0.3 is 18.2 Å². The van der Waals surface area contributed by atoms with E-state index in [0.29, 0.717) is 6.42 Å². The summed E-state index contributed by atoms with van der Waals surface area (Å²) in [6.07, 6.45) is -5.06. The quantitative estimate of drug-likeness (QED) is 0.616. The van der Waals surface area contributed by atoms with Gasteiger partial charge in [-0.05, 0) is 24.3 Å². The van der Waals surface area contributed by atoms with Crippen LogP contribution in [0.15, 0.2) is 30.3 Å².